The number of thiazole rings is 1. The van der Waals surface area contributed by atoms with Crippen LogP contribution in [-0.4, -0.2) is 69.5 Å². The largest absolute Gasteiger partial charge is 0.334 e. The highest BCUT2D eigenvalue weighted by Gasteiger charge is 2.19. The highest BCUT2D eigenvalue weighted by atomic mass is 32.1. The lowest BCUT2D eigenvalue weighted by Crippen LogP contribution is -2.49. The maximum Gasteiger partial charge on any atom is 0.240 e. The van der Waals surface area contributed by atoms with Crippen LogP contribution in [0, 0.1) is 6.92 Å². The van der Waals surface area contributed by atoms with E-state index in [1.54, 1.807) is 0 Å². The average Bonchev–Trinajstić information content (AvgIpc) is 3.22. The first-order chi connectivity index (χ1) is 12.1. The van der Waals surface area contributed by atoms with Gasteiger partial charge in [0.2, 0.25) is 5.91 Å². The lowest BCUT2D eigenvalue weighted by molar-refractivity contribution is -0.117. The quantitative estimate of drug-likeness (QED) is 0.808. The third-order valence-electron chi connectivity index (χ3n) is 4.47. The molecule has 1 fully saturated rings. The van der Waals surface area contributed by atoms with Gasteiger partial charge in [-0.1, -0.05) is 6.92 Å². The molecule has 1 amide bonds. The number of aryl methyl sites for hydroxylation is 2. The third-order valence-corrected chi connectivity index (χ3v) is 5.35. The second-order valence-corrected chi connectivity index (χ2v) is 7.21. The van der Waals surface area contributed by atoms with Gasteiger partial charge >= 0.3 is 0 Å². The molecule has 3 heterocycles. The number of rotatable bonds is 7. The van der Waals surface area contributed by atoms with Crippen molar-refractivity contribution in [3.05, 3.63) is 29.3 Å². The molecule has 136 valence electrons. The smallest absolute Gasteiger partial charge is 0.240 e. The predicted molar refractivity (Wildman–Crippen MR) is 100.0 cm³/mol. The van der Waals surface area contributed by atoms with E-state index in [4.69, 9.17) is 0 Å². The van der Waals surface area contributed by atoms with Crippen LogP contribution in [0.5, 0.6) is 0 Å². The molecule has 3 rings (SSSR count). The van der Waals surface area contributed by atoms with Gasteiger partial charge in [-0.25, -0.2) is 9.97 Å². The van der Waals surface area contributed by atoms with E-state index in [9.17, 15) is 4.79 Å². The van der Waals surface area contributed by atoms with E-state index < -0.39 is 0 Å². The Morgan fingerprint density at radius 1 is 1.24 bits per heavy atom. The third kappa shape index (κ3) is 5.10. The van der Waals surface area contributed by atoms with Crippen LogP contribution in [-0.2, 0) is 17.8 Å². The number of carbonyl (C=O) groups excluding carboxylic acids is 1. The van der Waals surface area contributed by atoms with Crippen molar-refractivity contribution >= 4 is 22.4 Å². The number of carbonyl (C=O) groups is 1. The Labute approximate surface area is 152 Å². The summed E-state index contributed by atoms with van der Waals surface area (Å²) < 4.78 is 2.23. The van der Waals surface area contributed by atoms with E-state index in [-0.39, 0.29) is 5.91 Å². The standard InChI is InChI=1S/C17H26N6OS/c1-3-15-18-4-5-23(15)11-10-21-6-8-22(9-7-21)12-16(24)20-17-19-14(2)13-25-17/h4-5,13H,3,6-12H2,1-2H3,(H,19,20,24). The normalized spacial score (nSPS) is 16.2. The van der Waals surface area contributed by atoms with Gasteiger partial charge in [0.1, 0.15) is 5.82 Å². The van der Waals surface area contributed by atoms with E-state index in [2.05, 4.69) is 42.8 Å². The van der Waals surface area contributed by atoms with E-state index >= 15 is 0 Å². The summed E-state index contributed by atoms with van der Waals surface area (Å²) in [6.07, 6.45) is 4.90. The van der Waals surface area contributed by atoms with Crippen molar-refractivity contribution in [2.45, 2.75) is 26.8 Å². The van der Waals surface area contributed by atoms with Crippen LogP contribution in [0.4, 0.5) is 5.13 Å². The molecule has 0 atom stereocenters. The van der Waals surface area contributed by atoms with Crippen LogP contribution in [0.25, 0.3) is 0 Å². The molecule has 1 N–H and O–H groups in total. The first-order valence-electron chi connectivity index (χ1n) is 8.80. The fourth-order valence-electron chi connectivity index (χ4n) is 3.05. The number of imidazole rings is 1. The molecule has 1 aliphatic rings. The minimum Gasteiger partial charge on any atom is -0.334 e. The molecular formula is C17H26N6OS. The summed E-state index contributed by atoms with van der Waals surface area (Å²) in [7, 11) is 0. The van der Waals surface area contributed by atoms with Gasteiger partial charge in [-0.3, -0.25) is 14.6 Å². The Bertz CT molecular complexity index is 689. The molecule has 0 unspecified atom stereocenters. The number of amides is 1. The summed E-state index contributed by atoms with van der Waals surface area (Å²) >= 11 is 1.47. The number of hydrogen-bond donors (Lipinski definition) is 1. The first-order valence-corrected chi connectivity index (χ1v) is 9.68. The summed E-state index contributed by atoms with van der Waals surface area (Å²) in [6.45, 7) is 10.4. The summed E-state index contributed by atoms with van der Waals surface area (Å²) in [5.74, 6) is 1.17. The van der Waals surface area contributed by atoms with Crippen molar-refractivity contribution in [1.82, 2.24) is 24.3 Å². The second kappa shape index (κ2) is 8.55. The number of piperazine rings is 1. The number of hydrogen-bond acceptors (Lipinski definition) is 6. The summed E-state index contributed by atoms with van der Waals surface area (Å²) in [4.78, 5) is 25.4. The fourth-order valence-corrected chi connectivity index (χ4v) is 3.76. The van der Waals surface area contributed by atoms with E-state index in [1.807, 2.05) is 18.5 Å². The van der Waals surface area contributed by atoms with Crippen molar-refractivity contribution in [3.8, 4) is 0 Å². The predicted octanol–water partition coefficient (Wildman–Crippen LogP) is 1.47. The fraction of sp³-hybridized carbons (Fsp3) is 0.588. The molecular weight excluding hydrogens is 336 g/mol. The molecule has 0 saturated carbocycles. The van der Waals surface area contributed by atoms with Gasteiger partial charge in [0.05, 0.1) is 12.2 Å². The van der Waals surface area contributed by atoms with Gasteiger partial charge in [0, 0.05) is 63.5 Å². The number of aromatic nitrogens is 3. The second-order valence-electron chi connectivity index (χ2n) is 6.35. The van der Waals surface area contributed by atoms with Crippen molar-refractivity contribution in [2.75, 3.05) is 44.6 Å². The molecule has 2 aromatic heterocycles. The van der Waals surface area contributed by atoms with E-state index in [1.165, 1.54) is 11.3 Å². The number of nitrogens with one attached hydrogen (secondary N) is 1. The van der Waals surface area contributed by atoms with Gasteiger partial charge in [-0.05, 0) is 6.92 Å². The van der Waals surface area contributed by atoms with Crippen LogP contribution in [0.1, 0.15) is 18.4 Å². The van der Waals surface area contributed by atoms with E-state index in [0.29, 0.717) is 11.7 Å². The molecule has 0 bridgehead atoms. The molecule has 2 aromatic rings. The first kappa shape index (κ1) is 18.0. The van der Waals surface area contributed by atoms with Crippen molar-refractivity contribution in [3.63, 3.8) is 0 Å². The van der Waals surface area contributed by atoms with Gasteiger partial charge < -0.3 is 9.88 Å². The topological polar surface area (TPSA) is 66.3 Å². The molecule has 7 nitrogen and oxygen atoms in total. The van der Waals surface area contributed by atoms with Crippen LogP contribution >= 0.6 is 11.3 Å². The zero-order chi connectivity index (χ0) is 17.6. The highest BCUT2D eigenvalue weighted by Crippen LogP contribution is 2.14. The molecule has 0 aliphatic carbocycles. The summed E-state index contributed by atoms with van der Waals surface area (Å²) in [5, 5.41) is 5.51. The maximum absolute atomic E-state index is 12.1. The average molecular weight is 363 g/mol. The molecule has 8 heteroatoms. The molecule has 0 spiro atoms. The molecule has 1 aliphatic heterocycles. The van der Waals surface area contributed by atoms with Gasteiger partial charge in [0.15, 0.2) is 5.13 Å². The molecule has 0 radical (unpaired) electrons. The van der Waals surface area contributed by atoms with Crippen molar-refractivity contribution in [2.24, 2.45) is 0 Å². The summed E-state index contributed by atoms with van der Waals surface area (Å²) in [5.41, 5.74) is 0.943. The lowest BCUT2D eigenvalue weighted by Gasteiger charge is -2.34. The summed E-state index contributed by atoms with van der Waals surface area (Å²) in [6, 6.07) is 0. The molecule has 1 saturated heterocycles. The Kier molecular flexibility index (Phi) is 6.17. The van der Waals surface area contributed by atoms with Gasteiger partial charge in [-0.15, -0.1) is 11.3 Å². The zero-order valence-corrected chi connectivity index (χ0v) is 15.8. The minimum atomic E-state index is 0.0220. The van der Waals surface area contributed by atoms with Gasteiger partial charge in [-0.2, -0.15) is 0 Å². The molecule has 25 heavy (non-hydrogen) atoms. The Hall–Kier alpha value is -1.77. The number of nitrogens with zero attached hydrogens (tertiary/aromatic N) is 5. The zero-order valence-electron chi connectivity index (χ0n) is 14.9. The monoisotopic (exact) mass is 362 g/mol. The van der Waals surface area contributed by atoms with E-state index in [0.717, 1.165) is 57.2 Å². The Morgan fingerprint density at radius 2 is 2.00 bits per heavy atom. The minimum absolute atomic E-state index is 0.0220. The Balaban J connectivity index is 1.37. The van der Waals surface area contributed by atoms with Crippen molar-refractivity contribution in [1.29, 1.82) is 0 Å². The number of anilines is 1. The SMILES string of the molecule is CCc1nccn1CCN1CCN(CC(=O)Nc2nc(C)cs2)CC1. The Morgan fingerprint density at radius 3 is 2.68 bits per heavy atom. The highest BCUT2D eigenvalue weighted by molar-refractivity contribution is 7.13. The van der Waals surface area contributed by atoms with Crippen LogP contribution in [0.2, 0.25) is 0 Å². The van der Waals surface area contributed by atoms with Crippen LogP contribution in [0.15, 0.2) is 17.8 Å². The molecule has 0 aromatic carbocycles. The lowest BCUT2D eigenvalue weighted by atomic mass is 10.3. The maximum atomic E-state index is 12.1. The van der Waals surface area contributed by atoms with Crippen LogP contribution < -0.4 is 5.32 Å². The van der Waals surface area contributed by atoms with Crippen molar-refractivity contribution < 1.29 is 4.79 Å². The van der Waals surface area contributed by atoms with Gasteiger partial charge in [0.25, 0.3) is 0 Å². The van der Waals surface area contributed by atoms with Crippen LogP contribution in [0.3, 0.4) is 0 Å².